The Kier molecular flexibility index (Phi) is 2.63. The van der Waals surface area contributed by atoms with Crippen molar-refractivity contribution in [3.05, 3.63) is 29.8 Å². The highest BCUT2D eigenvalue weighted by atomic mass is 32.2. The molecule has 1 N–H and O–H groups in total. The summed E-state index contributed by atoms with van der Waals surface area (Å²) in [6, 6.07) is 7.75. The first-order valence-corrected chi connectivity index (χ1v) is 5.39. The topological polar surface area (TPSA) is 38.3 Å². The second kappa shape index (κ2) is 3.92. The van der Waals surface area contributed by atoms with Crippen LogP contribution in [0, 0.1) is 0 Å². The van der Waals surface area contributed by atoms with Gasteiger partial charge in [-0.2, -0.15) is 0 Å². The molecule has 1 aliphatic rings. The third kappa shape index (κ3) is 1.85. The summed E-state index contributed by atoms with van der Waals surface area (Å²) in [6.07, 6.45) is 0. The summed E-state index contributed by atoms with van der Waals surface area (Å²) in [6.45, 7) is 0. The van der Waals surface area contributed by atoms with Gasteiger partial charge < -0.3 is 10.1 Å². The minimum Gasteiger partial charge on any atom is -0.497 e. The standard InChI is InChI=1S/C10H11NO2S/c1-13-8-4-2-7(3-5-8)10-11-9(12)6-14-10/h2-5,10H,6H2,1H3,(H,11,12)/t10-/m0/s1. The first kappa shape index (κ1) is 9.40. The van der Waals surface area contributed by atoms with Crippen molar-refractivity contribution < 1.29 is 9.53 Å². The summed E-state index contributed by atoms with van der Waals surface area (Å²) in [5.41, 5.74) is 1.11. The van der Waals surface area contributed by atoms with Gasteiger partial charge in [0.05, 0.1) is 12.9 Å². The molecule has 1 saturated heterocycles. The van der Waals surface area contributed by atoms with Crippen molar-refractivity contribution in [1.82, 2.24) is 5.32 Å². The summed E-state index contributed by atoms with van der Waals surface area (Å²) in [7, 11) is 1.64. The number of amides is 1. The molecular weight excluding hydrogens is 198 g/mol. The lowest BCUT2D eigenvalue weighted by Gasteiger charge is -2.09. The van der Waals surface area contributed by atoms with Gasteiger partial charge in [-0.15, -0.1) is 11.8 Å². The molecule has 0 aliphatic carbocycles. The fourth-order valence-corrected chi connectivity index (χ4v) is 2.31. The number of thioether (sulfide) groups is 1. The SMILES string of the molecule is COc1ccc([C@H]2NC(=O)CS2)cc1. The number of hydrogen-bond acceptors (Lipinski definition) is 3. The molecule has 1 fully saturated rings. The summed E-state index contributed by atoms with van der Waals surface area (Å²) in [4.78, 5) is 11.0. The van der Waals surface area contributed by atoms with E-state index in [0.717, 1.165) is 11.3 Å². The third-order valence-electron chi connectivity index (χ3n) is 2.09. The zero-order valence-electron chi connectivity index (χ0n) is 7.82. The van der Waals surface area contributed by atoms with Gasteiger partial charge in [-0.05, 0) is 17.7 Å². The van der Waals surface area contributed by atoms with Gasteiger partial charge in [0.2, 0.25) is 5.91 Å². The molecule has 1 aromatic carbocycles. The van der Waals surface area contributed by atoms with E-state index in [-0.39, 0.29) is 11.3 Å². The van der Waals surface area contributed by atoms with Gasteiger partial charge in [-0.1, -0.05) is 12.1 Å². The van der Waals surface area contributed by atoms with Crippen LogP contribution in [-0.2, 0) is 4.79 Å². The fraction of sp³-hybridized carbons (Fsp3) is 0.300. The van der Waals surface area contributed by atoms with Crippen LogP contribution < -0.4 is 10.1 Å². The predicted molar refractivity (Wildman–Crippen MR) is 56.3 cm³/mol. The molecule has 0 aromatic heterocycles. The molecule has 2 rings (SSSR count). The largest absolute Gasteiger partial charge is 0.497 e. The van der Waals surface area contributed by atoms with Crippen LogP contribution in [0.2, 0.25) is 0 Å². The lowest BCUT2D eigenvalue weighted by Crippen LogP contribution is -2.18. The highest BCUT2D eigenvalue weighted by Gasteiger charge is 2.22. The number of ether oxygens (including phenoxy) is 1. The maximum atomic E-state index is 11.0. The van der Waals surface area contributed by atoms with Crippen molar-refractivity contribution in [2.75, 3.05) is 12.9 Å². The molecule has 1 aliphatic heterocycles. The highest BCUT2D eigenvalue weighted by molar-refractivity contribution is 8.00. The Labute approximate surface area is 86.8 Å². The number of methoxy groups -OCH3 is 1. The molecule has 0 unspecified atom stereocenters. The van der Waals surface area contributed by atoms with E-state index >= 15 is 0 Å². The monoisotopic (exact) mass is 209 g/mol. The summed E-state index contributed by atoms with van der Waals surface area (Å²) in [5, 5.41) is 3.00. The smallest absolute Gasteiger partial charge is 0.231 e. The molecule has 0 radical (unpaired) electrons. The Hall–Kier alpha value is -1.16. The molecule has 0 bridgehead atoms. The quantitative estimate of drug-likeness (QED) is 0.803. The van der Waals surface area contributed by atoms with Gasteiger partial charge >= 0.3 is 0 Å². The van der Waals surface area contributed by atoms with E-state index in [1.165, 1.54) is 0 Å². The summed E-state index contributed by atoms with van der Waals surface area (Å²) in [5.74, 6) is 1.50. The zero-order valence-corrected chi connectivity index (χ0v) is 8.64. The van der Waals surface area contributed by atoms with E-state index in [0.29, 0.717) is 5.75 Å². The minimum absolute atomic E-state index is 0.105. The van der Waals surface area contributed by atoms with Crippen LogP contribution >= 0.6 is 11.8 Å². The van der Waals surface area contributed by atoms with E-state index in [1.54, 1.807) is 18.9 Å². The van der Waals surface area contributed by atoms with Crippen molar-refractivity contribution in [2.45, 2.75) is 5.37 Å². The lowest BCUT2D eigenvalue weighted by molar-refractivity contribution is -0.118. The Bertz CT molecular complexity index is 336. The van der Waals surface area contributed by atoms with E-state index < -0.39 is 0 Å². The summed E-state index contributed by atoms with van der Waals surface area (Å²) >= 11 is 1.62. The van der Waals surface area contributed by atoms with Crippen molar-refractivity contribution >= 4 is 17.7 Å². The molecule has 0 spiro atoms. The molecule has 74 valence electrons. The molecule has 14 heavy (non-hydrogen) atoms. The van der Waals surface area contributed by atoms with Crippen LogP contribution in [0.1, 0.15) is 10.9 Å². The first-order chi connectivity index (χ1) is 6.79. The number of benzene rings is 1. The maximum Gasteiger partial charge on any atom is 0.231 e. The Morgan fingerprint density at radius 2 is 2.14 bits per heavy atom. The van der Waals surface area contributed by atoms with Crippen molar-refractivity contribution in [3.8, 4) is 5.75 Å². The third-order valence-corrected chi connectivity index (χ3v) is 3.24. The Morgan fingerprint density at radius 1 is 1.43 bits per heavy atom. The second-order valence-electron chi connectivity index (χ2n) is 3.03. The van der Waals surface area contributed by atoms with Gasteiger partial charge in [-0.25, -0.2) is 0 Å². The van der Waals surface area contributed by atoms with Crippen LogP contribution in [-0.4, -0.2) is 18.8 Å². The number of carbonyl (C=O) groups excluding carboxylic acids is 1. The number of nitrogens with one attached hydrogen (secondary N) is 1. The van der Waals surface area contributed by atoms with E-state index in [1.807, 2.05) is 24.3 Å². The lowest BCUT2D eigenvalue weighted by atomic mass is 10.2. The molecule has 3 nitrogen and oxygen atoms in total. The van der Waals surface area contributed by atoms with Crippen molar-refractivity contribution in [2.24, 2.45) is 0 Å². The second-order valence-corrected chi connectivity index (χ2v) is 4.13. The molecule has 1 aromatic rings. The number of rotatable bonds is 2. The zero-order chi connectivity index (χ0) is 9.97. The number of carbonyl (C=O) groups is 1. The van der Waals surface area contributed by atoms with Gasteiger partial charge in [0.1, 0.15) is 11.1 Å². The van der Waals surface area contributed by atoms with Crippen molar-refractivity contribution in [3.63, 3.8) is 0 Å². The predicted octanol–water partition coefficient (Wildman–Crippen LogP) is 1.56. The molecular formula is C10H11NO2S. The summed E-state index contributed by atoms with van der Waals surface area (Å²) < 4.78 is 5.06. The molecule has 1 amide bonds. The fourth-order valence-electron chi connectivity index (χ4n) is 1.35. The minimum atomic E-state index is 0.105. The van der Waals surface area contributed by atoms with Gasteiger partial charge in [0, 0.05) is 0 Å². The first-order valence-electron chi connectivity index (χ1n) is 4.34. The van der Waals surface area contributed by atoms with E-state index in [9.17, 15) is 4.79 Å². The van der Waals surface area contributed by atoms with Gasteiger partial charge in [0.25, 0.3) is 0 Å². The van der Waals surface area contributed by atoms with E-state index in [2.05, 4.69) is 5.32 Å². The van der Waals surface area contributed by atoms with Crippen LogP contribution in [0.3, 0.4) is 0 Å². The Balaban J connectivity index is 2.13. The maximum absolute atomic E-state index is 11.0. The van der Waals surface area contributed by atoms with Crippen molar-refractivity contribution in [1.29, 1.82) is 0 Å². The normalized spacial score (nSPS) is 20.6. The highest BCUT2D eigenvalue weighted by Crippen LogP contribution is 2.31. The Morgan fingerprint density at radius 3 is 2.64 bits per heavy atom. The molecule has 1 heterocycles. The van der Waals surface area contributed by atoms with Gasteiger partial charge in [-0.3, -0.25) is 4.79 Å². The number of hydrogen-bond donors (Lipinski definition) is 1. The molecule has 0 saturated carbocycles. The van der Waals surface area contributed by atoms with Crippen LogP contribution in [0.25, 0.3) is 0 Å². The van der Waals surface area contributed by atoms with E-state index in [4.69, 9.17) is 4.74 Å². The van der Waals surface area contributed by atoms with Gasteiger partial charge in [0.15, 0.2) is 0 Å². The average molecular weight is 209 g/mol. The average Bonchev–Trinajstić information content (AvgIpc) is 2.65. The molecule has 1 atom stereocenters. The van der Waals surface area contributed by atoms with Crippen LogP contribution in [0.5, 0.6) is 5.75 Å². The molecule has 4 heteroatoms. The van der Waals surface area contributed by atoms with Crippen LogP contribution in [0.4, 0.5) is 0 Å². The van der Waals surface area contributed by atoms with Crippen LogP contribution in [0.15, 0.2) is 24.3 Å².